The first-order chi connectivity index (χ1) is 12.3. The van der Waals surface area contributed by atoms with Gasteiger partial charge in [0.15, 0.2) is 0 Å². The summed E-state index contributed by atoms with van der Waals surface area (Å²) in [6.45, 7) is 1.18. The van der Waals surface area contributed by atoms with Crippen molar-refractivity contribution >= 4 is 11.7 Å². The normalized spacial score (nSPS) is 20.1. The van der Waals surface area contributed by atoms with Crippen molar-refractivity contribution in [1.82, 2.24) is 4.98 Å². The van der Waals surface area contributed by atoms with Crippen LogP contribution in [0.5, 0.6) is 5.75 Å². The van der Waals surface area contributed by atoms with Crippen LogP contribution in [0.3, 0.4) is 0 Å². The first kappa shape index (κ1) is 18.5. The first-order valence-electron chi connectivity index (χ1n) is 8.83. The number of hydrogen-bond acceptors (Lipinski definition) is 4. The number of ether oxygens (including phenoxy) is 1. The Morgan fingerprint density at radius 2 is 2.08 bits per heavy atom. The van der Waals surface area contributed by atoms with Crippen LogP contribution < -0.4 is 16.2 Å². The Labute approximate surface area is 151 Å². The third-order valence-corrected chi connectivity index (χ3v) is 4.90. The zero-order valence-electron chi connectivity index (χ0n) is 14.8. The minimum Gasteiger partial charge on any atom is -0.487 e. The number of amidine groups is 1. The maximum Gasteiger partial charge on any atom is 0.272 e. The Morgan fingerprint density at radius 3 is 2.62 bits per heavy atom. The Morgan fingerprint density at radius 1 is 1.38 bits per heavy atom. The molecule has 0 aliphatic heterocycles. The molecule has 1 aromatic rings. The van der Waals surface area contributed by atoms with Gasteiger partial charge in [-0.05, 0) is 44.4 Å². The van der Waals surface area contributed by atoms with Gasteiger partial charge in [-0.15, -0.1) is 0 Å². The molecule has 0 spiro atoms. The van der Waals surface area contributed by atoms with Crippen LogP contribution in [0.2, 0.25) is 0 Å². The standard InChI is InChI=1S/C18H24F2N4O2/c1-18(7-16(21)25,11-4-5-11)24-17(22)13-6-14(26-9-15(19)20)12(8-23-13)10-2-3-10/h6,8,10-11,15H,2-5,7,9H2,1H3,(H2,21,25)(H2,22,24). The van der Waals surface area contributed by atoms with Crippen molar-refractivity contribution < 1.29 is 18.3 Å². The van der Waals surface area contributed by atoms with E-state index in [4.69, 9.17) is 16.2 Å². The minimum absolute atomic E-state index is 0.104. The van der Waals surface area contributed by atoms with Crippen LogP contribution in [0.15, 0.2) is 17.3 Å². The number of aliphatic imine (C=N–C) groups is 1. The van der Waals surface area contributed by atoms with E-state index in [0.717, 1.165) is 31.2 Å². The van der Waals surface area contributed by atoms with Gasteiger partial charge in [-0.3, -0.25) is 14.8 Å². The molecular weight excluding hydrogens is 342 g/mol. The summed E-state index contributed by atoms with van der Waals surface area (Å²) in [5.74, 6) is 0.653. The molecule has 2 aliphatic carbocycles. The van der Waals surface area contributed by atoms with Crippen LogP contribution in [0.25, 0.3) is 0 Å². The van der Waals surface area contributed by atoms with E-state index in [1.807, 2.05) is 6.92 Å². The lowest BCUT2D eigenvalue weighted by Gasteiger charge is -2.24. The van der Waals surface area contributed by atoms with E-state index in [1.165, 1.54) is 0 Å². The second-order valence-electron chi connectivity index (χ2n) is 7.36. The Balaban J connectivity index is 1.86. The van der Waals surface area contributed by atoms with Gasteiger partial charge in [-0.1, -0.05) is 0 Å². The number of rotatable bonds is 9. The van der Waals surface area contributed by atoms with Crippen LogP contribution in [0, 0.1) is 5.92 Å². The summed E-state index contributed by atoms with van der Waals surface area (Å²) in [5.41, 5.74) is 12.0. The number of primary amides is 1. The van der Waals surface area contributed by atoms with Crippen molar-refractivity contribution in [3.8, 4) is 5.75 Å². The Kier molecular flexibility index (Phi) is 5.11. The number of nitrogens with zero attached hydrogens (tertiary/aromatic N) is 2. The summed E-state index contributed by atoms with van der Waals surface area (Å²) in [6, 6.07) is 1.56. The minimum atomic E-state index is -2.56. The summed E-state index contributed by atoms with van der Waals surface area (Å²) < 4.78 is 30.3. The summed E-state index contributed by atoms with van der Waals surface area (Å²) in [5, 5.41) is 0. The molecule has 0 radical (unpaired) electrons. The van der Waals surface area contributed by atoms with Gasteiger partial charge in [-0.25, -0.2) is 8.78 Å². The van der Waals surface area contributed by atoms with Crippen molar-refractivity contribution in [2.45, 2.75) is 56.9 Å². The molecule has 2 saturated carbocycles. The molecule has 0 bridgehead atoms. The average Bonchev–Trinajstić information content (AvgIpc) is 3.44. The highest BCUT2D eigenvalue weighted by Crippen LogP contribution is 2.45. The zero-order chi connectivity index (χ0) is 18.9. The van der Waals surface area contributed by atoms with Crippen molar-refractivity contribution in [1.29, 1.82) is 0 Å². The fourth-order valence-corrected chi connectivity index (χ4v) is 3.23. The van der Waals surface area contributed by atoms with E-state index >= 15 is 0 Å². The van der Waals surface area contributed by atoms with Gasteiger partial charge in [0.25, 0.3) is 6.43 Å². The molecule has 6 nitrogen and oxygen atoms in total. The SMILES string of the molecule is CC(CC(N)=O)(N=C(N)c1cc(OCC(F)F)c(C2CC2)cn1)C1CC1. The van der Waals surface area contributed by atoms with E-state index in [2.05, 4.69) is 9.98 Å². The highest BCUT2D eigenvalue weighted by molar-refractivity contribution is 5.96. The molecular formula is C18H24F2N4O2. The fourth-order valence-electron chi connectivity index (χ4n) is 3.23. The monoisotopic (exact) mass is 366 g/mol. The molecule has 1 aromatic heterocycles. The number of carbonyl (C=O) groups excluding carboxylic acids is 1. The van der Waals surface area contributed by atoms with Crippen LogP contribution in [-0.4, -0.2) is 35.3 Å². The molecule has 2 aliphatic rings. The predicted octanol–water partition coefficient (Wildman–Crippen LogP) is 2.35. The van der Waals surface area contributed by atoms with E-state index in [9.17, 15) is 13.6 Å². The maximum atomic E-state index is 12.5. The number of alkyl halides is 2. The van der Waals surface area contributed by atoms with Gasteiger partial charge in [0.2, 0.25) is 5.91 Å². The van der Waals surface area contributed by atoms with Crippen molar-refractivity contribution in [2.75, 3.05) is 6.61 Å². The number of hydrogen-bond donors (Lipinski definition) is 2. The quantitative estimate of drug-likeness (QED) is 0.517. The van der Waals surface area contributed by atoms with E-state index in [1.54, 1.807) is 12.3 Å². The second kappa shape index (κ2) is 7.17. The van der Waals surface area contributed by atoms with Crippen LogP contribution >= 0.6 is 0 Å². The van der Waals surface area contributed by atoms with Crippen molar-refractivity contribution in [3.63, 3.8) is 0 Å². The lowest BCUT2D eigenvalue weighted by Crippen LogP contribution is -2.34. The second-order valence-corrected chi connectivity index (χ2v) is 7.36. The zero-order valence-corrected chi connectivity index (χ0v) is 14.8. The van der Waals surface area contributed by atoms with Gasteiger partial charge >= 0.3 is 0 Å². The topological polar surface area (TPSA) is 104 Å². The van der Waals surface area contributed by atoms with Crippen LogP contribution in [0.4, 0.5) is 8.78 Å². The van der Waals surface area contributed by atoms with Crippen molar-refractivity contribution in [3.05, 3.63) is 23.5 Å². The molecule has 1 amide bonds. The first-order valence-corrected chi connectivity index (χ1v) is 8.83. The number of carbonyl (C=O) groups is 1. The molecule has 26 heavy (non-hydrogen) atoms. The molecule has 1 heterocycles. The molecule has 4 N–H and O–H groups in total. The van der Waals surface area contributed by atoms with E-state index < -0.39 is 24.5 Å². The van der Waals surface area contributed by atoms with Crippen LogP contribution in [-0.2, 0) is 4.79 Å². The summed E-state index contributed by atoms with van der Waals surface area (Å²) >= 11 is 0. The van der Waals surface area contributed by atoms with Gasteiger partial charge in [0.05, 0.1) is 12.0 Å². The number of aromatic nitrogens is 1. The summed E-state index contributed by atoms with van der Waals surface area (Å²) in [7, 11) is 0. The summed E-state index contributed by atoms with van der Waals surface area (Å²) in [6.07, 6.45) is 3.10. The Hall–Kier alpha value is -2.25. The number of halogens is 2. The highest BCUT2D eigenvalue weighted by Gasteiger charge is 2.43. The van der Waals surface area contributed by atoms with Gasteiger partial charge < -0.3 is 16.2 Å². The number of pyridine rings is 1. The summed E-state index contributed by atoms with van der Waals surface area (Å²) in [4.78, 5) is 20.3. The molecule has 3 rings (SSSR count). The third-order valence-electron chi connectivity index (χ3n) is 4.90. The molecule has 2 fully saturated rings. The maximum absolute atomic E-state index is 12.5. The Bertz CT molecular complexity index is 717. The van der Waals surface area contributed by atoms with Gasteiger partial charge in [0, 0.05) is 17.8 Å². The largest absolute Gasteiger partial charge is 0.487 e. The molecule has 0 aromatic carbocycles. The lowest BCUT2D eigenvalue weighted by molar-refractivity contribution is -0.119. The van der Waals surface area contributed by atoms with E-state index in [0.29, 0.717) is 17.4 Å². The molecule has 142 valence electrons. The number of nitrogens with two attached hydrogens (primary N) is 2. The van der Waals surface area contributed by atoms with Crippen LogP contribution in [0.1, 0.15) is 56.2 Å². The lowest BCUT2D eigenvalue weighted by atomic mass is 9.92. The third kappa shape index (κ3) is 4.47. The highest BCUT2D eigenvalue weighted by atomic mass is 19.3. The fraction of sp³-hybridized carbons (Fsp3) is 0.611. The smallest absolute Gasteiger partial charge is 0.272 e. The average molecular weight is 366 g/mol. The number of amides is 1. The predicted molar refractivity (Wildman–Crippen MR) is 93.4 cm³/mol. The molecule has 1 unspecified atom stereocenters. The van der Waals surface area contributed by atoms with Gasteiger partial charge in [-0.2, -0.15) is 0 Å². The van der Waals surface area contributed by atoms with Gasteiger partial charge in [0.1, 0.15) is 23.9 Å². The molecule has 1 atom stereocenters. The van der Waals surface area contributed by atoms with E-state index in [-0.39, 0.29) is 18.2 Å². The molecule has 8 heteroatoms. The van der Waals surface area contributed by atoms with Crippen molar-refractivity contribution in [2.24, 2.45) is 22.4 Å². The molecule has 0 saturated heterocycles.